The molecule has 0 aliphatic rings. The lowest BCUT2D eigenvalue weighted by Gasteiger charge is -2.08. The summed E-state index contributed by atoms with van der Waals surface area (Å²) in [5.74, 6) is 0.847. The van der Waals surface area contributed by atoms with Gasteiger partial charge < -0.3 is 4.74 Å². The van der Waals surface area contributed by atoms with Crippen molar-refractivity contribution in [2.45, 2.75) is 39.5 Å². The zero-order valence-electron chi connectivity index (χ0n) is 7.52. The zero-order valence-corrected chi connectivity index (χ0v) is 7.52. The Kier molecular flexibility index (Phi) is 7.04. The van der Waals surface area contributed by atoms with Crippen LogP contribution in [0.2, 0.25) is 0 Å². The van der Waals surface area contributed by atoms with Gasteiger partial charge in [0.15, 0.2) is 0 Å². The second kappa shape index (κ2) is 7.07. The maximum absolute atomic E-state index is 4.99. The van der Waals surface area contributed by atoms with E-state index in [2.05, 4.69) is 13.8 Å². The summed E-state index contributed by atoms with van der Waals surface area (Å²) in [5.41, 5.74) is 0. The molecule has 1 heteroatoms. The van der Waals surface area contributed by atoms with Gasteiger partial charge in [-0.25, -0.2) is 0 Å². The van der Waals surface area contributed by atoms with Crippen LogP contribution in [-0.4, -0.2) is 13.7 Å². The van der Waals surface area contributed by atoms with Crippen molar-refractivity contribution in [1.82, 2.24) is 0 Å². The fourth-order valence-electron chi connectivity index (χ4n) is 1.02. The van der Waals surface area contributed by atoms with Gasteiger partial charge >= 0.3 is 0 Å². The Labute approximate surface area is 64.8 Å². The number of hydrogen-bond acceptors (Lipinski definition) is 1. The third kappa shape index (κ3) is 6.09. The summed E-state index contributed by atoms with van der Waals surface area (Å²) >= 11 is 0. The Morgan fingerprint density at radius 1 is 1.30 bits per heavy atom. The summed E-state index contributed by atoms with van der Waals surface area (Å²) < 4.78 is 4.99. The average Bonchev–Trinajstić information content (AvgIpc) is 1.97. The first-order valence-corrected chi connectivity index (χ1v) is 4.30. The third-order valence-electron chi connectivity index (χ3n) is 1.87. The van der Waals surface area contributed by atoms with Crippen LogP contribution in [0.4, 0.5) is 0 Å². The molecule has 0 unspecified atom stereocenters. The maximum Gasteiger partial charge on any atom is 0.0464 e. The molecule has 0 aromatic heterocycles. The standard InChI is InChI=1S/C9H20O/c1-4-5-6-9(2)7-8-10-3/h9H,4-8H2,1-3H3/t9-/m0/s1. The lowest BCUT2D eigenvalue weighted by atomic mass is 10.0. The Morgan fingerprint density at radius 3 is 2.50 bits per heavy atom. The lowest BCUT2D eigenvalue weighted by Crippen LogP contribution is -1.99. The van der Waals surface area contributed by atoms with Gasteiger partial charge in [-0.3, -0.25) is 0 Å². The first kappa shape index (κ1) is 9.96. The molecule has 0 saturated carbocycles. The predicted molar refractivity (Wildman–Crippen MR) is 45.2 cm³/mol. The minimum absolute atomic E-state index is 0.847. The number of hydrogen-bond donors (Lipinski definition) is 0. The van der Waals surface area contributed by atoms with Crippen molar-refractivity contribution in [2.75, 3.05) is 13.7 Å². The molecule has 0 heterocycles. The molecule has 10 heavy (non-hydrogen) atoms. The van der Waals surface area contributed by atoms with Crippen molar-refractivity contribution in [2.24, 2.45) is 5.92 Å². The summed E-state index contributed by atoms with van der Waals surface area (Å²) in [7, 11) is 1.77. The van der Waals surface area contributed by atoms with E-state index < -0.39 is 0 Å². The second-order valence-electron chi connectivity index (χ2n) is 3.03. The average molecular weight is 144 g/mol. The molecule has 0 fully saturated rings. The Hall–Kier alpha value is -0.0400. The van der Waals surface area contributed by atoms with Crippen LogP contribution < -0.4 is 0 Å². The van der Waals surface area contributed by atoms with Crippen molar-refractivity contribution in [3.63, 3.8) is 0 Å². The molecule has 0 N–H and O–H groups in total. The van der Waals surface area contributed by atoms with Crippen LogP contribution >= 0.6 is 0 Å². The molecule has 0 aliphatic carbocycles. The van der Waals surface area contributed by atoms with Crippen molar-refractivity contribution in [3.05, 3.63) is 0 Å². The SMILES string of the molecule is CCCC[C@H](C)CCOC. The smallest absolute Gasteiger partial charge is 0.0464 e. The van der Waals surface area contributed by atoms with Crippen LogP contribution in [0.15, 0.2) is 0 Å². The van der Waals surface area contributed by atoms with Gasteiger partial charge in [0.05, 0.1) is 0 Å². The lowest BCUT2D eigenvalue weighted by molar-refractivity contribution is 0.178. The number of rotatable bonds is 6. The fourth-order valence-corrected chi connectivity index (χ4v) is 1.02. The topological polar surface area (TPSA) is 9.23 Å². The minimum Gasteiger partial charge on any atom is -0.385 e. The van der Waals surface area contributed by atoms with Crippen LogP contribution in [0.3, 0.4) is 0 Å². The van der Waals surface area contributed by atoms with Crippen LogP contribution in [-0.2, 0) is 4.74 Å². The van der Waals surface area contributed by atoms with Gasteiger partial charge in [-0.2, -0.15) is 0 Å². The van der Waals surface area contributed by atoms with Gasteiger partial charge in [0, 0.05) is 13.7 Å². The first-order valence-electron chi connectivity index (χ1n) is 4.30. The Bertz CT molecular complexity index is 53.7. The van der Waals surface area contributed by atoms with Gasteiger partial charge in [-0.15, -0.1) is 0 Å². The molecule has 0 radical (unpaired) electrons. The molecule has 0 aliphatic heterocycles. The summed E-state index contributed by atoms with van der Waals surface area (Å²) in [6, 6.07) is 0. The quantitative estimate of drug-likeness (QED) is 0.557. The van der Waals surface area contributed by atoms with Gasteiger partial charge in [0.25, 0.3) is 0 Å². The molecule has 1 atom stereocenters. The Balaban J connectivity index is 3.00. The van der Waals surface area contributed by atoms with Crippen molar-refractivity contribution in [1.29, 1.82) is 0 Å². The third-order valence-corrected chi connectivity index (χ3v) is 1.87. The monoisotopic (exact) mass is 144 g/mol. The van der Waals surface area contributed by atoms with E-state index in [1.807, 2.05) is 0 Å². The van der Waals surface area contributed by atoms with Gasteiger partial charge in [0.1, 0.15) is 0 Å². The van der Waals surface area contributed by atoms with Crippen LogP contribution in [0.1, 0.15) is 39.5 Å². The van der Waals surface area contributed by atoms with Crippen LogP contribution in [0.5, 0.6) is 0 Å². The van der Waals surface area contributed by atoms with E-state index in [4.69, 9.17) is 4.74 Å². The molecule has 0 aromatic carbocycles. The van der Waals surface area contributed by atoms with E-state index in [-0.39, 0.29) is 0 Å². The summed E-state index contributed by atoms with van der Waals surface area (Å²) in [5, 5.41) is 0. The molecule has 0 bridgehead atoms. The zero-order chi connectivity index (χ0) is 7.82. The minimum atomic E-state index is 0.847. The molecule has 1 nitrogen and oxygen atoms in total. The summed E-state index contributed by atoms with van der Waals surface area (Å²) in [4.78, 5) is 0. The fraction of sp³-hybridized carbons (Fsp3) is 1.00. The van der Waals surface area contributed by atoms with Crippen molar-refractivity contribution < 1.29 is 4.74 Å². The van der Waals surface area contributed by atoms with Crippen LogP contribution in [0.25, 0.3) is 0 Å². The highest BCUT2D eigenvalue weighted by molar-refractivity contribution is 4.51. The molecular weight excluding hydrogens is 124 g/mol. The first-order chi connectivity index (χ1) is 4.81. The van der Waals surface area contributed by atoms with E-state index in [0.717, 1.165) is 12.5 Å². The van der Waals surface area contributed by atoms with E-state index in [0.29, 0.717) is 0 Å². The largest absolute Gasteiger partial charge is 0.385 e. The molecule has 0 rings (SSSR count). The number of unbranched alkanes of at least 4 members (excludes halogenated alkanes) is 1. The summed E-state index contributed by atoms with van der Waals surface area (Å²) in [6.45, 7) is 5.46. The van der Waals surface area contributed by atoms with E-state index >= 15 is 0 Å². The normalized spacial score (nSPS) is 13.5. The van der Waals surface area contributed by atoms with Gasteiger partial charge in [0.2, 0.25) is 0 Å². The highest BCUT2D eigenvalue weighted by atomic mass is 16.5. The van der Waals surface area contributed by atoms with E-state index in [1.165, 1.54) is 25.7 Å². The van der Waals surface area contributed by atoms with E-state index in [1.54, 1.807) is 7.11 Å². The maximum atomic E-state index is 4.99. The molecule has 0 aromatic rings. The molecular formula is C9H20O. The Morgan fingerprint density at radius 2 is 2.00 bits per heavy atom. The number of methoxy groups -OCH3 is 1. The highest BCUT2D eigenvalue weighted by Crippen LogP contribution is 2.10. The van der Waals surface area contributed by atoms with E-state index in [9.17, 15) is 0 Å². The second-order valence-corrected chi connectivity index (χ2v) is 3.03. The summed E-state index contributed by atoms with van der Waals surface area (Å²) in [6.07, 6.45) is 5.26. The molecule has 62 valence electrons. The molecule has 0 amide bonds. The van der Waals surface area contributed by atoms with Crippen LogP contribution in [0, 0.1) is 5.92 Å². The molecule has 0 saturated heterocycles. The number of ether oxygens (including phenoxy) is 1. The van der Waals surface area contributed by atoms with Crippen molar-refractivity contribution in [3.8, 4) is 0 Å². The van der Waals surface area contributed by atoms with Gasteiger partial charge in [-0.1, -0.05) is 33.1 Å². The van der Waals surface area contributed by atoms with Gasteiger partial charge in [-0.05, 0) is 12.3 Å². The molecule has 0 spiro atoms. The predicted octanol–water partition coefficient (Wildman–Crippen LogP) is 2.85. The van der Waals surface area contributed by atoms with Crippen molar-refractivity contribution >= 4 is 0 Å². The highest BCUT2D eigenvalue weighted by Gasteiger charge is 1.99.